The second kappa shape index (κ2) is 7.28. The van der Waals surface area contributed by atoms with E-state index in [1.807, 2.05) is 0 Å². The minimum Gasteiger partial charge on any atom is -0.480 e. The molecule has 7 nitrogen and oxygen atoms in total. The molecule has 3 amide bonds. The molecule has 0 saturated heterocycles. The molecule has 21 heavy (non-hydrogen) atoms. The standard InChI is InChI=1S/C14H19N3O4/c1-8(2)12(13(19)20)17-14(21)16-11-6-4-10(5-7-11)15-9(3)18/h4-8,12H,1-3H3,(H,15,18)(H,19,20)(H2,16,17,21)/t12-/m0/s1. The molecule has 7 heteroatoms. The lowest BCUT2D eigenvalue weighted by atomic mass is 10.1. The van der Waals surface area contributed by atoms with Crippen molar-refractivity contribution in [2.24, 2.45) is 5.92 Å². The van der Waals surface area contributed by atoms with Crippen molar-refractivity contribution in [3.05, 3.63) is 24.3 Å². The Hall–Kier alpha value is -2.57. The van der Waals surface area contributed by atoms with Gasteiger partial charge < -0.3 is 21.1 Å². The highest BCUT2D eigenvalue weighted by Gasteiger charge is 2.23. The van der Waals surface area contributed by atoms with E-state index >= 15 is 0 Å². The van der Waals surface area contributed by atoms with Gasteiger partial charge in [-0.3, -0.25) is 4.79 Å². The van der Waals surface area contributed by atoms with Crippen molar-refractivity contribution < 1.29 is 19.5 Å². The van der Waals surface area contributed by atoms with Crippen LogP contribution in [0.1, 0.15) is 20.8 Å². The number of benzene rings is 1. The topological polar surface area (TPSA) is 108 Å². The fourth-order valence-corrected chi connectivity index (χ4v) is 1.66. The van der Waals surface area contributed by atoms with E-state index in [4.69, 9.17) is 5.11 Å². The number of carboxylic acid groups (broad SMARTS) is 1. The number of carboxylic acids is 1. The Bertz CT molecular complexity index is 526. The molecule has 0 unspecified atom stereocenters. The van der Waals surface area contributed by atoms with Gasteiger partial charge in [0.1, 0.15) is 6.04 Å². The number of carbonyl (C=O) groups excluding carboxylic acids is 2. The lowest BCUT2D eigenvalue weighted by Gasteiger charge is -2.18. The molecule has 0 bridgehead atoms. The summed E-state index contributed by atoms with van der Waals surface area (Å²) in [7, 11) is 0. The second-order valence-electron chi connectivity index (χ2n) is 4.92. The van der Waals surface area contributed by atoms with Gasteiger partial charge >= 0.3 is 12.0 Å². The molecule has 0 fully saturated rings. The van der Waals surface area contributed by atoms with E-state index in [1.54, 1.807) is 38.1 Å². The number of rotatable bonds is 5. The quantitative estimate of drug-likeness (QED) is 0.664. The summed E-state index contributed by atoms with van der Waals surface area (Å²) < 4.78 is 0. The van der Waals surface area contributed by atoms with Gasteiger partial charge in [0, 0.05) is 18.3 Å². The average molecular weight is 293 g/mol. The summed E-state index contributed by atoms with van der Waals surface area (Å²) in [6, 6.07) is 4.93. The zero-order valence-corrected chi connectivity index (χ0v) is 12.1. The summed E-state index contributed by atoms with van der Waals surface area (Å²) in [6.45, 7) is 4.82. The van der Waals surface area contributed by atoms with Crippen LogP contribution in [0.4, 0.5) is 16.2 Å². The van der Waals surface area contributed by atoms with E-state index in [2.05, 4.69) is 16.0 Å². The Balaban J connectivity index is 2.62. The van der Waals surface area contributed by atoms with Gasteiger partial charge in [-0.1, -0.05) is 13.8 Å². The zero-order valence-electron chi connectivity index (χ0n) is 12.1. The van der Waals surface area contributed by atoms with Crippen LogP contribution in [0.25, 0.3) is 0 Å². The molecule has 1 aromatic rings. The normalized spacial score (nSPS) is 11.6. The summed E-state index contributed by atoms with van der Waals surface area (Å²) in [5, 5.41) is 16.5. The van der Waals surface area contributed by atoms with Gasteiger partial charge in [-0.25, -0.2) is 9.59 Å². The smallest absolute Gasteiger partial charge is 0.326 e. The van der Waals surface area contributed by atoms with Crippen LogP contribution in [0.5, 0.6) is 0 Å². The molecule has 0 heterocycles. The molecule has 1 rings (SSSR count). The Morgan fingerprint density at radius 3 is 1.86 bits per heavy atom. The van der Waals surface area contributed by atoms with Crippen LogP contribution in [-0.4, -0.2) is 29.1 Å². The number of hydrogen-bond acceptors (Lipinski definition) is 3. The van der Waals surface area contributed by atoms with Crippen molar-refractivity contribution in [2.45, 2.75) is 26.8 Å². The summed E-state index contributed by atoms with van der Waals surface area (Å²) in [4.78, 5) is 33.6. The molecule has 0 spiro atoms. The number of nitrogens with one attached hydrogen (secondary N) is 3. The molecule has 114 valence electrons. The van der Waals surface area contributed by atoms with E-state index in [9.17, 15) is 14.4 Å². The van der Waals surface area contributed by atoms with Gasteiger partial charge in [-0.05, 0) is 30.2 Å². The number of anilines is 2. The number of urea groups is 1. The molecule has 0 radical (unpaired) electrons. The van der Waals surface area contributed by atoms with E-state index in [0.717, 1.165) is 0 Å². The van der Waals surface area contributed by atoms with Crippen molar-refractivity contribution in [2.75, 3.05) is 10.6 Å². The summed E-state index contributed by atoms with van der Waals surface area (Å²) in [6.07, 6.45) is 0. The summed E-state index contributed by atoms with van der Waals surface area (Å²) in [5.74, 6) is -1.49. The number of carbonyl (C=O) groups is 3. The van der Waals surface area contributed by atoms with E-state index in [0.29, 0.717) is 11.4 Å². The fraction of sp³-hybridized carbons (Fsp3) is 0.357. The van der Waals surface area contributed by atoms with E-state index < -0.39 is 18.0 Å². The molecule has 0 aromatic heterocycles. The Kier molecular flexibility index (Phi) is 5.71. The van der Waals surface area contributed by atoms with Crippen molar-refractivity contribution in [1.29, 1.82) is 0 Å². The van der Waals surface area contributed by atoms with Gasteiger partial charge in [0.2, 0.25) is 5.91 Å². The van der Waals surface area contributed by atoms with Crippen LogP contribution < -0.4 is 16.0 Å². The van der Waals surface area contributed by atoms with Crippen molar-refractivity contribution in [3.8, 4) is 0 Å². The third kappa shape index (κ3) is 5.52. The summed E-state index contributed by atoms with van der Waals surface area (Å²) >= 11 is 0. The van der Waals surface area contributed by atoms with Gasteiger partial charge in [-0.2, -0.15) is 0 Å². The SMILES string of the molecule is CC(=O)Nc1ccc(NC(=O)N[C@H](C(=O)O)C(C)C)cc1. The van der Waals surface area contributed by atoms with Crippen molar-refractivity contribution in [3.63, 3.8) is 0 Å². The molecule has 4 N–H and O–H groups in total. The molecule has 0 aliphatic carbocycles. The molecular weight excluding hydrogens is 274 g/mol. The molecule has 0 aliphatic rings. The van der Waals surface area contributed by atoms with Gasteiger partial charge in [-0.15, -0.1) is 0 Å². The molecule has 0 saturated carbocycles. The third-order valence-corrected chi connectivity index (χ3v) is 2.68. The minimum atomic E-state index is -1.08. The second-order valence-corrected chi connectivity index (χ2v) is 4.92. The number of aliphatic carboxylic acids is 1. The first-order valence-corrected chi connectivity index (χ1v) is 6.47. The van der Waals surface area contributed by atoms with Crippen LogP contribution in [0.2, 0.25) is 0 Å². The molecular formula is C14H19N3O4. The summed E-state index contributed by atoms with van der Waals surface area (Å²) in [5.41, 5.74) is 1.11. The van der Waals surface area contributed by atoms with Crippen LogP contribution in [-0.2, 0) is 9.59 Å². The van der Waals surface area contributed by atoms with Crippen LogP contribution >= 0.6 is 0 Å². The average Bonchev–Trinajstić information content (AvgIpc) is 2.37. The highest BCUT2D eigenvalue weighted by molar-refractivity contribution is 5.93. The first-order valence-electron chi connectivity index (χ1n) is 6.47. The Morgan fingerprint density at radius 1 is 1.00 bits per heavy atom. The molecule has 0 aliphatic heterocycles. The fourth-order valence-electron chi connectivity index (χ4n) is 1.66. The van der Waals surface area contributed by atoms with E-state index in [1.165, 1.54) is 6.92 Å². The van der Waals surface area contributed by atoms with Crippen LogP contribution in [0.15, 0.2) is 24.3 Å². The highest BCUT2D eigenvalue weighted by atomic mass is 16.4. The van der Waals surface area contributed by atoms with Crippen LogP contribution in [0, 0.1) is 5.92 Å². The predicted molar refractivity (Wildman–Crippen MR) is 79.2 cm³/mol. The largest absolute Gasteiger partial charge is 0.480 e. The first-order chi connectivity index (χ1) is 9.79. The lowest BCUT2D eigenvalue weighted by Crippen LogP contribution is -2.46. The lowest BCUT2D eigenvalue weighted by molar-refractivity contribution is -0.140. The molecule has 1 aromatic carbocycles. The first kappa shape index (κ1) is 16.5. The Labute approximate surface area is 122 Å². The highest BCUT2D eigenvalue weighted by Crippen LogP contribution is 2.13. The maximum absolute atomic E-state index is 11.7. The van der Waals surface area contributed by atoms with Gasteiger partial charge in [0.05, 0.1) is 0 Å². The Morgan fingerprint density at radius 2 is 1.48 bits per heavy atom. The van der Waals surface area contributed by atoms with Gasteiger partial charge in [0.25, 0.3) is 0 Å². The van der Waals surface area contributed by atoms with Crippen molar-refractivity contribution in [1.82, 2.24) is 5.32 Å². The van der Waals surface area contributed by atoms with E-state index in [-0.39, 0.29) is 11.8 Å². The van der Waals surface area contributed by atoms with Crippen LogP contribution in [0.3, 0.4) is 0 Å². The minimum absolute atomic E-state index is 0.185. The maximum Gasteiger partial charge on any atom is 0.326 e. The molecule has 1 atom stereocenters. The van der Waals surface area contributed by atoms with Gasteiger partial charge in [0.15, 0.2) is 0 Å². The van der Waals surface area contributed by atoms with Crippen molar-refractivity contribution >= 4 is 29.3 Å². The monoisotopic (exact) mass is 293 g/mol. The number of amides is 3. The third-order valence-electron chi connectivity index (χ3n) is 2.68. The maximum atomic E-state index is 11.7. The zero-order chi connectivity index (χ0) is 16.0. The number of hydrogen-bond donors (Lipinski definition) is 4. The predicted octanol–water partition coefficient (Wildman–Crippen LogP) is 1.88.